The lowest BCUT2D eigenvalue weighted by Crippen LogP contribution is -2.37. The number of hydrogen-bond acceptors (Lipinski definition) is 3. The molecule has 1 aromatic rings. The number of carbonyl (C=O) groups excluding carboxylic acids is 1. The van der Waals surface area contributed by atoms with Gasteiger partial charge in [0.1, 0.15) is 5.75 Å². The summed E-state index contributed by atoms with van der Waals surface area (Å²) in [5.74, 6) is -0.549. The van der Waals surface area contributed by atoms with Crippen LogP contribution in [-0.2, 0) is 9.59 Å². The summed E-state index contributed by atoms with van der Waals surface area (Å²) in [6.45, 7) is 0. The second kappa shape index (κ2) is 8.56. The number of amides is 1. The van der Waals surface area contributed by atoms with Gasteiger partial charge in [-0.25, -0.2) is 0 Å². The molecule has 0 heterocycles. The molecule has 0 aromatic heterocycles. The van der Waals surface area contributed by atoms with Gasteiger partial charge in [-0.2, -0.15) is 0 Å². The molecule has 0 saturated heterocycles. The highest BCUT2D eigenvalue weighted by Crippen LogP contribution is 2.26. The smallest absolute Gasteiger partial charge is 0.303 e. The SMILES string of the molecule is COc1ccc([C@H](CC(=O)O)CC(=O)NC2CCCCC2)cc1. The molecule has 2 N–H and O–H groups in total. The van der Waals surface area contributed by atoms with Gasteiger partial charge in [-0.1, -0.05) is 31.4 Å². The average Bonchev–Trinajstić information content (AvgIpc) is 2.55. The number of benzene rings is 1. The van der Waals surface area contributed by atoms with Crippen molar-refractivity contribution < 1.29 is 19.4 Å². The van der Waals surface area contributed by atoms with E-state index < -0.39 is 5.97 Å². The number of carbonyl (C=O) groups is 2. The van der Waals surface area contributed by atoms with Crippen LogP contribution in [0.5, 0.6) is 5.75 Å². The third-order valence-electron chi connectivity index (χ3n) is 4.41. The molecule has 0 spiro atoms. The monoisotopic (exact) mass is 319 g/mol. The molecule has 1 fully saturated rings. The van der Waals surface area contributed by atoms with E-state index >= 15 is 0 Å². The third-order valence-corrected chi connectivity index (χ3v) is 4.41. The van der Waals surface area contributed by atoms with Gasteiger partial charge in [0.2, 0.25) is 5.91 Å². The number of carboxylic acid groups (broad SMARTS) is 1. The highest BCUT2D eigenvalue weighted by Gasteiger charge is 2.22. The molecule has 5 heteroatoms. The Balaban J connectivity index is 1.99. The van der Waals surface area contributed by atoms with E-state index in [-0.39, 0.29) is 30.7 Å². The molecule has 1 amide bonds. The van der Waals surface area contributed by atoms with Gasteiger partial charge in [0.05, 0.1) is 13.5 Å². The van der Waals surface area contributed by atoms with Crippen LogP contribution in [0.15, 0.2) is 24.3 Å². The fourth-order valence-electron chi connectivity index (χ4n) is 3.15. The highest BCUT2D eigenvalue weighted by atomic mass is 16.5. The number of methoxy groups -OCH3 is 1. The molecular weight excluding hydrogens is 294 g/mol. The number of carboxylic acids is 1. The summed E-state index contributed by atoms with van der Waals surface area (Å²) in [7, 11) is 1.58. The Kier molecular flexibility index (Phi) is 6.44. The van der Waals surface area contributed by atoms with Crippen molar-refractivity contribution >= 4 is 11.9 Å². The van der Waals surface area contributed by atoms with E-state index in [9.17, 15) is 9.59 Å². The highest BCUT2D eigenvalue weighted by molar-refractivity contribution is 5.78. The average molecular weight is 319 g/mol. The standard InChI is InChI=1S/C18H25NO4/c1-23-16-9-7-13(8-10-16)14(12-18(21)22)11-17(20)19-15-5-3-2-4-6-15/h7-10,14-15H,2-6,11-12H2,1H3,(H,19,20)(H,21,22)/t14-/m0/s1. The minimum atomic E-state index is -0.892. The van der Waals surface area contributed by atoms with E-state index in [0.29, 0.717) is 0 Å². The summed E-state index contributed by atoms with van der Waals surface area (Å²) in [5, 5.41) is 12.2. The summed E-state index contributed by atoms with van der Waals surface area (Å²) in [5.41, 5.74) is 0.854. The van der Waals surface area contributed by atoms with Gasteiger partial charge < -0.3 is 15.2 Å². The molecule has 1 atom stereocenters. The summed E-state index contributed by atoms with van der Waals surface area (Å²) in [6.07, 6.45) is 5.75. The van der Waals surface area contributed by atoms with Crippen LogP contribution in [0.4, 0.5) is 0 Å². The van der Waals surface area contributed by atoms with Crippen molar-refractivity contribution in [3.8, 4) is 5.75 Å². The molecule has 2 rings (SSSR count). The first-order valence-electron chi connectivity index (χ1n) is 8.23. The topological polar surface area (TPSA) is 75.6 Å². The quantitative estimate of drug-likeness (QED) is 0.810. The van der Waals surface area contributed by atoms with E-state index in [1.807, 2.05) is 12.1 Å². The molecule has 126 valence electrons. The molecule has 5 nitrogen and oxygen atoms in total. The van der Waals surface area contributed by atoms with Crippen LogP contribution >= 0.6 is 0 Å². The molecule has 0 bridgehead atoms. The zero-order chi connectivity index (χ0) is 16.7. The molecule has 1 aliphatic rings. The van der Waals surface area contributed by atoms with Crippen LogP contribution < -0.4 is 10.1 Å². The molecule has 23 heavy (non-hydrogen) atoms. The maximum absolute atomic E-state index is 12.3. The molecule has 1 saturated carbocycles. The molecule has 1 aliphatic carbocycles. The van der Waals surface area contributed by atoms with Crippen molar-refractivity contribution in [3.63, 3.8) is 0 Å². The number of hydrogen-bond donors (Lipinski definition) is 2. The Labute approximate surface area is 137 Å². The molecule has 1 aromatic carbocycles. The molecule has 0 aliphatic heterocycles. The molecule has 0 radical (unpaired) electrons. The normalized spacial score (nSPS) is 16.6. The Hall–Kier alpha value is -2.04. The van der Waals surface area contributed by atoms with E-state index in [2.05, 4.69) is 5.32 Å². The summed E-state index contributed by atoms with van der Waals surface area (Å²) >= 11 is 0. The van der Waals surface area contributed by atoms with Gasteiger partial charge in [-0.15, -0.1) is 0 Å². The fraction of sp³-hybridized carbons (Fsp3) is 0.556. The van der Waals surface area contributed by atoms with Crippen LogP contribution in [0, 0.1) is 0 Å². The number of rotatable bonds is 7. The van der Waals surface area contributed by atoms with Crippen molar-refractivity contribution in [2.45, 2.75) is 56.9 Å². The first-order chi connectivity index (χ1) is 11.1. The van der Waals surface area contributed by atoms with Gasteiger partial charge in [0.25, 0.3) is 0 Å². The van der Waals surface area contributed by atoms with Crippen molar-refractivity contribution in [1.82, 2.24) is 5.32 Å². The van der Waals surface area contributed by atoms with E-state index in [0.717, 1.165) is 37.0 Å². The van der Waals surface area contributed by atoms with Crippen LogP contribution in [0.3, 0.4) is 0 Å². The van der Waals surface area contributed by atoms with Crippen LogP contribution in [0.25, 0.3) is 0 Å². The molecular formula is C18H25NO4. The van der Waals surface area contributed by atoms with Gasteiger partial charge in [0.15, 0.2) is 0 Å². The largest absolute Gasteiger partial charge is 0.497 e. The number of ether oxygens (including phenoxy) is 1. The summed E-state index contributed by atoms with van der Waals surface area (Å²) in [4.78, 5) is 23.4. The Morgan fingerprint density at radius 1 is 1.17 bits per heavy atom. The zero-order valence-corrected chi connectivity index (χ0v) is 13.6. The van der Waals surface area contributed by atoms with Crippen molar-refractivity contribution in [2.24, 2.45) is 0 Å². The predicted octanol–water partition coefficient (Wildman–Crippen LogP) is 3.09. The fourth-order valence-corrected chi connectivity index (χ4v) is 3.15. The predicted molar refractivity (Wildman–Crippen MR) is 87.6 cm³/mol. The van der Waals surface area contributed by atoms with Crippen LogP contribution in [-0.4, -0.2) is 30.1 Å². The Morgan fingerprint density at radius 2 is 1.83 bits per heavy atom. The minimum Gasteiger partial charge on any atom is -0.497 e. The lowest BCUT2D eigenvalue weighted by Gasteiger charge is -2.24. The Bertz CT molecular complexity index is 520. The van der Waals surface area contributed by atoms with Crippen LogP contribution in [0.1, 0.15) is 56.4 Å². The summed E-state index contributed by atoms with van der Waals surface area (Å²) in [6, 6.07) is 7.50. The van der Waals surface area contributed by atoms with Gasteiger partial charge in [-0.05, 0) is 30.5 Å². The second-order valence-corrected chi connectivity index (χ2v) is 6.17. The lowest BCUT2D eigenvalue weighted by molar-refractivity contribution is -0.137. The van der Waals surface area contributed by atoms with Gasteiger partial charge in [-0.3, -0.25) is 9.59 Å². The first kappa shape index (κ1) is 17.3. The first-order valence-corrected chi connectivity index (χ1v) is 8.23. The number of aliphatic carboxylic acids is 1. The van der Waals surface area contributed by atoms with Crippen molar-refractivity contribution in [2.75, 3.05) is 7.11 Å². The van der Waals surface area contributed by atoms with E-state index in [1.54, 1.807) is 19.2 Å². The number of nitrogens with one attached hydrogen (secondary N) is 1. The van der Waals surface area contributed by atoms with Crippen molar-refractivity contribution in [3.05, 3.63) is 29.8 Å². The summed E-state index contributed by atoms with van der Waals surface area (Å²) < 4.78 is 5.12. The molecule has 0 unspecified atom stereocenters. The lowest BCUT2D eigenvalue weighted by atomic mass is 9.91. The van der Waals surface area contributed by atoms with Crippen LogP contribution in [0.2, 0.25) is 0 Å². The maximum atomic E-state index is 12.3. The zero-order valence-electron chi connectivity index (χ0n) is 13.6. The van der Waals surface area contributed by atoms with Gasteiger partial charge in [0, 0.05) is 18.4 Å². The minimum absolute atomic E-state index is 0.0512. The van der Waals surface area contributed by atoms with E-state index in [1.165, 1.54) is 6.42 Å². The van der Waals surface area contributed by atoms with Gasteiger partial charge >= 0.3 is 5.97 Å². The van der Waals surface area contributed by atoms with Crippen molar-refractivity contribution in [1.29, 1.82) is 0 Å². The van der Waals surface area contributed by atoms with E-state index in [4.69, 9.17) is 9.84 Å². The maximum Gasteiger partial charge on any atom is 0.303 e. The second-order valence-electron chi connectivity index (χ2n) is 6.17. The third kappa shape index (κ3) is 5.58. The Morgan fingerprint density at radius 3 is 2.39 bits per heavy atom.